The molecule has 3 rings (SSSR count). The summed E-state index contributed by atoms with van der Waals surface area (Å²) in [5, 5.41) is 10.3. The lowest BCUT2D eigenvalue weighted by Gasteiger charge is -2.35. The van der Waals surface area contributed by atoms with Gasteiger partial charge in [-0.2, -0.15) is 0 Å². The molecular weight excluding hydrogens is 328 g/mol. The Morgan fingerprint density at radius 1 is 0.875 bits per heavy atom. The number of benzene rings is 2. The number of rotatable bonds is 2. The van der Waals surface area contributed by atoms with E-state index in [1.54, 1.807) is 52.3 Å². The second kappa shape index (κ2) is 6.93. The van der Waals surface area contributed by atoms with Crippen molar-refractivity contribution in [2.45, 2.75) is 0 Å². The maximum atomic E-state index is 12.5. The molecule has 0 spiro atoms. The Bertz CT molecular complexity index is 770. The van der Waals surface area contributed by atoms with Gasteiger partial charge in [0.25, 0.3) is 11.8 Å². The van der Waals surface area contributed by atoms with Crippen LogP contribution in [0.5, 0.6) is 5.75 Å². The van der Waals surface area contributed by atoms with Gasteiger partial charge in [0.15, 0.2) is 0 Å². The second-order valence-electron chi connectivity index (χ2n) is 5.61. The van der Waals surface area contributed by atoms with E-state index >= 15 is 0 Å². The summed E-state index contributed by atoms with van der Waals surface area (Å²) >= 11 is 5.93. The molecule has 1 saturated heterocycles. The number of phenolic OH excluding ortho intramolecular Hbond substituents is 1. The number of halogens is 1. The highest BCUT2D eigenvalue weighted by atomic mass is 35.5. The van der Waals surface area contributed by atoms with Gasteiger partial charge >= 0.3 is 0 Å². The molecule has 24 heavy (non-hydrogen) atoms. The molecule has 0 saturated carbocycles. The first-order valence-electron chi connectivity index (χ1n) is 7.68. The van der Waals surface area contributed by atoms with Crippen molar-refractivity contribution in [1.29, 1.82) is 0 Å². The first kappa shape index (κ1) is 16.3. The number of para-hydroxylation sites is 1. The van der Waals surface area contributed by atoms with Gasteiger partial charge in [0.05, 0.1) is 5.56 Å². The van der Waals surface area contributed by atoms with Crippen LogP contribution < -0.4 is 0 Å². The molecule has 124 valence electrons. The topological polar surface area (TPSA) is 60.9 Å². The van der Waals surface area contributed by atoms with Crippen LogP contribution in [0, 0.1) is 0 Å². The van der Waals surface area contributed by atoms with E-state index < -0.39 is 0 Å². The summed E-state index contributed by atoms with van der Waals surface area (Å²) in [6, 6.07) is 13.3. The summed E-state index contributed by atoms with van der Waals surface area (Å²) in [5.41, 5.74) is 0.829. The number of amides is 2. The number of nitrogens with zero attached hydrogens (tertiary/aromatic N) is 2. The minimum atomic E-state index is -0.219. The monoisotopic (exact) mass is 344 g/mol. The zero-order chi connectivity index (χ0) is 17.1. The van der Waals surface area contributed by atoms with Gasteiger partial charge in [-0.25, -0.2) is 0 Å². The first-order valence-corrected chi connectivity index (χ1v) is 8.06. The van der Waals surface area contributed by atoms with E-state index in [2.05, 4.69) is 0 Å². The van der Waals surface area contributed by atoms with Crippen LogP contribution in [0.4, 0.5) is 0 Å². The van der Waals surface area contributed by atoms with Crippen LogP contribution in [-0.4, -0.2) is 52.9 Å². The van der Waals surface area contributed by atoms with Crippen molar-refractivity contribution in [3.05, 3.63) is 64.7 Å². The molecular formula is C18H17ClN2O3. The molecule has 2 aromatic carbocycles. The van der Waals surface area contributed by atoms with E-state index in [4.69, 9.17) is 11.6 Å². The van der Waals surface area contributed by atoms with Crippen LogP contribution >= 0.6 is 11.6 Å². The Labute approximate surface area is 145 Å². The van der Waals surface area contributed by atoms with Crippen molar-refractivity contribution >= 4 is 23.4 Å². The van der Waals surface area contributed by atoms with Gasteiger partial charge in [0.1, 0.15) is 5.75 Å². The van der Waals surface area contributed by atoms with Crippen LogP contribution in [0.1, 0.15) is 20.7 Å². The van der Waals surface area contributed by atoms with Crippen LogP contribution in [-0.2, 0) is 0 Å². The third-order valence-electron chi connectivity index (χ3n) is 4.06. The molecule has 1 aliphatic heterocycles. The van der Waals surface area contributed by atoms with Crippen LogP contribution in [0.25, 0.3) is 0 Å². The Hall–Kier alpha value is -2.53. The molecule has 0 unspecified atom stereocenters. The molecule has 0 radical (unpaired) electrons. The number of phenols is 1. The Balaban J connectivity index is 1.65. The van der Waals surface area contributed by atoms with E-state index in [1.165, 1.54) is 6.07 Å². The van der Waals surface area contributed by atoms with Crippen molar-refractivity contribution in [2.24, 2.45) is 0 Å². The third kappa shape index (κ3) is 3.36. The molecule has 0 aliphatic carbocycles. The van der Waals surface area contributed by atoms with E-state index in [1.807, 2.05) is 0 Å². The molecule has 2 aromatic rings. The number of hydrogen-bond donors (Lipinski definition) is 1. The normalized spacial score (nSPS) is 14.5. The SMILES string of the molecule is O=C(c1cccc(Cl)c1)N1CCN(C(=O)c2ccccc2O)CC1. The minimum Gasteiger partial charge on any atom is -0.507 e. The zero-order valence-electron chi connectivity index (χ0n) is 13.0. The van der Waals surface area contributed by atoms with Crippen LogP contribution in [0.2, 0.25) is 5.02 Å². The quantitative estimate of drug-likeness (QED) is 0.911. The maximum Gasteiger partial charge on any atom is 0.257 e. The number of aromatic hydroxyl groups is 1. The van der Waals surface area contributed by atoms with Crippen molar-refractivity contribution in [3.8, 4) is 5.75 Å². The van der Waals surface area contributed by atoms with Crippen molar-refractivity contribution in [3.63, 3.8) is 0 Å². The summed E-state index contributed by atoms with van der Waals surface area (Å²) in [4.78, 5) is 28.3. The summed E-state index contributed by atoms with van der Waals surface area (Å²) in [7, 11) is 0. The van der Waals surface area contributed by atoms with Gasteiger partial charge in [-0.3, -0.25) is 9.59 Å². The fourth-order valence-electron chi connectivity index (χ4n) is 2.74. The summed E-state index contributed by atoms with van der Waals surface area (Å²) in [6.07, 6.45) is 0. The molecule has 2 amide bonds. The highest BCUT2D eigenvalue weighted by Gasteiger charge is 2.26. The maximum absolute atomic E-state index is 12.5. The Kier molecular flexibility index (Phi) is 4.71. The molecule has 0 bridgehead atoms. The molecule has 0 aromatic heterocycles. The van der Waals surface area contributed by atoms with Crippen LogP contribution in [0.15, 0.2) is 48.5 Å². The average molecular weight is 345 g/mol. The fraction of sp³-hybridized carbons (Fsp3) is 0.222. The van der Waals surface area contributed by atoms with Gasteiger partial charge in [0, 0.05) is 36.8 Å². The zero-order valence-corrected chi connectivity index (χ0v) is 13.7. The predicted molar refractivity (Wildman–Crippen MR) is 91.4 cm³/mol. The predicted octanol–water partition coefficient (Wildman–Crippen LogP) is 2.64. The molecule has 6 heteroatoms. The van der Waals surface area contributed by atoms with Gasteiger partial charge in [-0.05, 0) is 30.3 Å². The lowest BCUT2D eigenvalue weighted by atomic mass is 10.1. The standard InChI is InChI=1S/C18H17ClN2O3/c19-14-5-3-4-13(12-14)17(23)20-8-10-21(11-9-20)18(24)15-6-1-2-7-16(15)22/h1-7,12,22H,8-11H2. The largest absolute Gasteiger partial charge is 0.507 e. The van der Waals surface area contributed by atoms with Gasteiger partial charge in [0.2, 0.25) is 0 Å². The lowest BCUT2D eigenvalue weighted by Crippen LogP contribution is -2.50. The van der Waals surface area contributed by atoms with Crippen molar-refractivity contribution < 1.29 is 14.7 Å². The Morgan fingerprint density at radius 3 is 2.12 bits per heavy atom. The van der Waals surface area contributed by atoms with Gasteiger partial charge in [-0.15, -0.1) is 0 Å². The van der Waals surface area contributed by atoms with E-state index in [0.29, 0.717) is 36.8 Å². The van der Waals surface area contributed by atoms with Gasteiger partial charge in [-0.1, -0.05) is 29.8 Å². The molecule has 5 nitrogen and oxygen atoms in total. The highest BCUT2D eigenvalue weighted by molar-refractivity contribution is 6.30. The smallest absolute Gasteiger partial charge is 0.257 e. The van der Waals surface area contributed by atoms with E-state index in [-0.39, 0.29) is 23.1 Å². The third-order valence-corrected chi connectivity index (χ3v) is 4.30. The van der Waals surface area contributed by atoms with Crippen molar-refractivity contribution in [2.75, 3.05) is 26.2 Å². The second-order valence-corrected chi connectivity index (χ2v) is 6.05. The number of hydrogen-bond acceptors (Lipinski definition) is 3. The fourth-order valence-corrected chi connectivity index (χ4v) is 2.93. The first-order chi connectivity index (χ1) is 11.6. The summed E-state index contributed by atoms with van der Waals surface area (Å²) in [6.45, 7) is 1.76. The molecule has 0 atom stereocenters. The van der Waals surface area contributed by atoms with Gasteiger partial charge < -0.3 is 14.9 Å². The molecule has 1 N–H and O–H groups in total. The highest BCUT2D eigenvalue weighted by Crippen LogP contribution is 2.19. The van der Waals surface area contributed by atoms with E-state index in [9.17, 15) is 14.7 Å². The summed E-state index contributed by atoms with van der Waals surface area (Å²) in [5.74, 6) is -0.338. The number of carbonyl (C=O) groups is 2. The van der Waals surface area contributed by atoms with Crippen molar-refractivity contribution in [1.82, 2.24) is 9.80 Å². The number of piperazine rings is 1. The molecule has 1 aliphatic rings. The molecule has 1 fully saturated rings. The number of carbonyl (C=O) groups excluding carboxylic acids is 2. The van der Waals surface area contributed by atoms with E-state index in [0.717, 1.165) is 0 Å². The lowest BCUT2D eigenvalue weighted by molar-refractivity contribution is 0.0533. The summed E-state index contributed by atoms with van der Waals surface area (Å²) < 4.78 is 0. The van der Waals surface area contributed by atoms with Crippen LogP contribution in [0.3, 0.4) is 0 Å². The minimum absolute atomic E-state index is 0.0278. The Morgan fingerprint density at radius 2 is 1.50 bits per heavy atom. The average Bonchev–Trinajstić information content (AvgIpc) is 2.61. The molecule has 1 heterocycles.